The number of ether oxygens (including phenoxy) is 7. The second-order valence-corrected chi connectivity index (χ2v) is 19.3. The number of carboxylic acid groups (broad SMARTS) is 1. The fraction of sp³-hybridized carbons (Fsp3) is 0.107. The maximum Gasteiger partial charge on any atom is 0.403 e. The van der Waals surface area contributed by atoms with Gasteiger partial charge in [0.15, 0.2) is 111 Å². The highest BCUT2D eigenvalue weighted by Gasteiger charge is 2.54. The van der Waals surface area contributed by atoms with Crippen LogP contribution in [0.2, 0.25) is 0 Å². The molecule has 3 aliphatic heterocycles. The van der Waals surface area contributed by atoms with E-state index < -0.39 is 255 Å². The van der Waals surface area contributed by atoms with E-state index in [-0.39, 0.29) is 5.39 Å². The highest BCUT2D eigenvalue weighted by atomic mass is 16.7. The van der Waals surface area contributed by atoms with Gasteiger partial charge >= 0.3 is 41.2 Å². The lowest BCUT2D eigenvalue weighted by Crippen LogP contribution is -2.62. The van der Waals surface area contributed by atoms with Crippen molar-refractivity contribution in [2.45, 2.75) is 30.7 Å². The van der Waals surface area contributed by atoms with Crippen LogP contribution in [0.1, 0.15) is 51.8 Å². The van der Waals surface area contributed by atoms with E-state index in [9.17, 15) is 121 Å². The molecule has 88 heavy (non-hydrogen) atoms. The van der Waals surface area contributed by atoms with Crippen LogP contribution in [0.15, 0.2) is 71.1 Å². The number of carbonyl (C=O) groups excluding carboxylic acids is 4. The molecule has 8 aromatic rings. The summed E-state index contributed by atoms with van der Waals surface area (Å²) in [5.41, 5.74) is -9.47. The van der Waals surface area contributed by atoms with Gasteiger partial charge < -0.3 is 130 Å². The summed E-state index contributed by atoms with van der Waals surface area (Å²) in [5, 5.41) is 205. The van der Waals surface area contributed by atoms with Crippen molar-refractivity contribution in [1.82, 2.24) is 0 Å². The van der Waals surface area contributed by atoms with Crippen molar-refractivity contribution < 1.29 is 159 Å². The highest BCUT2D eigenvalue weighted by molar-refractivity contribution is 6.13. The Morgan fingerprint density at radius 1 is 0.523 bits per heavy atom. The molecule has 0 saturated carbocycles. The summed E-state index contributed by atoms with van der Waals surface area (Å²) in [6.07, 6.45) is -12.2. The minimum Gasteiger partial charge on any atom is -0.507 e. The van der Waals surface area contributed by atoms with Crippen LogP contribution >= 0.6 is 0 Å². The number of hydrogen-bond acceptors (Lipinski definition) is 30. The van der Waals surface area contributed by atoms with Crippen LogP contribution < -0.4 is 9.47 Å². The predicted octanol–water partition coefficient (Wildman–Crippen LogP) is 5.17. The Labute approximate surface area is 484 Å². The van der Waals surface area contributed by atoms with Crippen molar-refractivity contribution in [1.29, 1.82) is 0 Å². The summed E-state index contributed by atoms with van der Waals surface area (Å²) >= 11 is 0. The van der Waals surface area contributed by atoms with Gasteiger partial charge in [-0.25, -0.2) is 28.4 Å². The molecule has 1 aromatic heterocycles. The van der Waals surface area contributed by atoms with E-state index in [0.717, 1.165) is 24.3 Å². The minimum absolute atomic E-state index is 0.349. The Morgan fingerprint density at radius 3 is 1.60 bits per heavy atom. The molecule has 452 valence electrons. The first-order valence-corrected chi connectivity index (χ1v) is 24.7. The fourth-order valence-corrected chi connectivity index (χ4v) is 9.86. The topological polar surface area (TPSA) is 546 Å². The summed E-state index contributed by atoms with van der Waals surface area (Å²) < 4.78 is 46.2. The number of cyclic esters (lactones) is 1. The molecule has 19 N–H and O–H groups in total. The number of hydrogen-bond donors (Lipinski definition) is 19. The van der Waals surface area contributed by atoms with Crippen LogP contribution in [-0.2, 0) is 23.7 Å². The van der Waals surface area contributed by atoms with Crippen molar-refractivity contribution >= 4 is 40.8 Å². The third-order valence-corrected chi connectivity index (χ3v) is 13.9. The Bertz CT molecular complexity index is 4370. The quantitative estimate of drug-likeness (QED) is 0.0404. The second-order valence-electron chi connectivity index (χ2n) is 19.3. The molecule has 3 aliphatic rings. The summed E-state index contributed by atoms with van der Waals surface area (Å²) in [7, 11) is 0. The molecule has 7 aromatic carbocycles. The van der Waals surface area contributed by atoms with E-state index in [4.69, 9.17) is 37.6 Å². The largest absolute Gasteiger partial charge is 0.507 e. The Balaban J connectivity index is 1.10. The van der Waals surface area contributed by atoms with E-state index in [1.54, 1.807) is 0 Å². The second kappa shape index (κ2) is 20.6. The molecule has 0 radical (unpaired) electrons. The molecule has 1 saturated heterocycles. The number of aliphatic hydroxyl groups is 1. The van der Waals surface area contributed by atoms with Crippen LogP contribution in [0.5, 0.6) is 121 Å². The lowest BCUT2D eigenvalue weighted by Gasteiger charge is -2.42. The van der Waals surface area contributed by atoms with E-state index in [1.807, 2.05) is 0 Å². The van der Waals surface area contributed by atoms with E-state index in [1.165, 1.54) is 0 Å². The third-order valence-electron chi connectivity index (χ3n) is 13.9. The zero-order valence-electron chi connectivity index (χ0n) is 43.2. The van der Waals surface area contributed by atoms with Crippen LogP contribution in [0, 0.1) is 0 Å². The molecule has 0 amide bonds. The average molecular weight is 1220 g/mol. The Kier molecular flexibility index (Phi) is 13.4. The first-order valence-electron chi connectivity index (χ1n) is 24.7. The first-order chi connectivity index (χ1) is 41.5. The number of benzene rings is 7. The standard InChI is InChI=1S/C56H36O32/c57-16-7-28-35-29(8-16)83-47-34(17(51(74)75)9-27(65)41(47)70)36(35)48(45(82-28)13-1-20(58)37(66)21(59)2-13)84-30-11-19-33(44(73)42(30)71)32-18(10-26(64)40(69)43(32)72)55(79)86-46-31(12-81-54(19)78)85-56(80)50(88-53(77)15-5-24(62)39(68)25(63)6-15)49(46)87-52(76)14-3-22(60)38(67)23(61)4-14/h1-11,31,46,49-50,56,80H,12H2,(H17-,57,58,59,60,61,62,63,64,65,66,67,68,69,70,71,72,73,74,75,76,77,78,79)/p+1/t31?,46-,49+,50?,56?/m1/s1. The van der Waals surface area contributed by atoms with Gasteiger partial charge in [0.2, 0.25) is 23.0 Å². The molecule has 32 heteroatoms. The normalized spacial score (nSPS) is 17.5. The maximum absolute atomic E-state index is 14.9. The number of aromatic carboxylic acids is 1. The maximum atomic E-state index is 14.9. The van der Waals surface area contributed by atoms with E-state index >= 15 is 0 Å². The average Bonchev–Trinajstić information content (AvgIpc) is 0.875. The van der Waals surface area contributed by atoms with Crippen LogP contribution in [0.4, 0.5) is 0 Å². The van der Waals surface area contributed by atoms with Crippen LogP contribution in [0.25, 0.3) is 44.5 Å². The van der Waals surface area contributed by atoms with Crippen molar-refractivity contribution in [3.63, 3.8) is 0 Å². The molecule has 11 rings (SSSR count). The van der Waals surface area contributed by atoms with E-state index in [0.29, 0.717) is 42.5 Å². The Morgan fingerprint density at radius 2 is 1.03 bits per heavy atom. The van der Waals surface area contributed by atoms with Gasteiger partial charge in [-0.2, -0.15) is 0 Å². The van der Waals surface area contributed by atoms with Gasteiger partial charge in [0.1, 0.15) is 29.6 Å². The number of rotatable bonds is 8. The van der Waals surface area contributed by atoms with Crippen LogP contribution in [0.3, 0.4) is 0 Å². The number of fused-ring (bicyclic) bond motifs is 6. The van der Waals surface area contributed by atoms with E-state index in [2.05, 4.69) is 0 Å². The Hall–Kier alpha value is -12.6. The summed E-state index contributed by atoms with van der Waals surface area (Å²) in [5.74, 6) is -33.2. The summed E-state index contributed by atoms with van der Waals surface area (Å²) in [6.45, 7) is -1.33. The number of phenolic OH excluding ortho intramolecular Hbond substituents is 17. The van der Waals surface area contributed by atoms with Crippen molar-refractivity contribution in [3.8, 4) is 154 Å². The van der Waals surface area contributed by atoms with Gasteiger partial charge in [0, 0.05) is 41.0 Å². The van der Waals surface area contributed by atoms with Gasteiger partial charge in [-0.05, 0) is 36.4 Å². The molecule has 5 atom stereocenters. The molecule has 3 unspecified atom stereocenters. The molecule has 0 bridgehead atoms. The molecule has 1 fully saturated rings. The van der Waals surface area contributed by atoms with Gasteiger partial charge in [0.05, 0.1) is 45.0 Å². The molecule has 0 spiro atoms. The fourth-order valence-electron chi connectivity index (χ4n) is 9.86. The number of phenols is 17. The van der Waals surface area contributed by atoms with Crippen molar-refractivity contribution in [2.75, 3.05) is 6.61 Å². The van der Waals surface area contributed by atoms with Gasteiger partial charge in [-0.15, -0.1) is 0 Å². The van der Waals surface area contributed by atoms with Crippen LogP contribution in [-0.4, -0.2) is 164 Å². The minimum atomic E-state index is -2.61. The first kappa shape index (κ1) is 57.2. The van der Waals surface area contributed by atoms with Crippen molar-refractivity contribution in [2.24, 2.45) is 0 Å². The number of esters is 4. The lowest BCUT2D eigenvalue weighted by atomic mass is 9.90. The van der Waals surface area contributed by atoms with Gasteiger partial charge in [0.25, 0.3) is 0 Å². The number of aromatic hydroxyl groups is 17. The zero-order valence-corrected chi connectivity index (χ0v) is 43.2. The number of carboxylic acids is 1. The smallest absolute Gasteiger partial charge is 0.403 e. The monoisotopic (exact) mass is 1220 g/mol. The molecule has 0 aliphatic carbocycles. The number of aliphatic hydroxyl groups excluding tert-OH is 1. The third kappa shape index (κ3) is 9.21. The van der Waals surface area contributed by atoms with Gasteiger partial charge in [-0.1, -0.05) is 0 Å². The summed E-state index contributed by atoms with van der Waals surface area (Å²) in [6, 6.07) is 6.95. The molecule has 4 heterocycles. The molecular weight excluding hydrogens is 1180 g/mol. The lowest BCUT2D eigenvalue weighted by molar-refractivity contribution is -0.284. The number of carbonyl (C=O) groups is 5. The molecule has 32 nitrogen and oxygen atoms in total. The molecular formula is C56H37O32+. The van der Waals surface area contributed by atoms with Crippen molar-refractivity contribution in [3.05, 3.63) is 94.5 Å². The predicted molar refractivity (Wildman–Crippen MR) is 280 cm³/mol. The summed E-state index contributed by atoms with van der Waals surface area (Å²) in [4.78, 5) is 70.4. The highest BCUT2D eigenvalue weighted by Crippen LogP contribution is 2.62. The SMILES string of the molecule is O=C(OC1C(O)OC2COC(=O)c3cc(Oc4c(-c5cc(O)c(O)c(O)c5)[o+]c5cc(O)cc6c5c4-c4c(C(=O)O)cc(O)c(O)c4O6)c(O)c(O)c3-c3c(cc(O)c(O)c3O)C(=O)O[C@H]2[C@@H]1OC(=O)c1cc(O)c(O)c(O)c1)c1cc(O)c(O)c(O)c1. The zero-order chi connectivity index (χ0) is 63.5. The van der Waals surface area contributed by atoms with Gasteiger partial charge in [-0.3, -0.25) is 0 Å².